The summed E-state index contributed by atoms with van der Waals surface area (Å²) in [6, 6.07) is 8.69. The number of hydrogen-bond donors (Lipinski definition) is 0. The van der Waals surface area contributed by atoms with E-state index in [4.69, 9.17) is 27.9 Å². The Morgan fingerprint density at radius 3 is 2.46 bits per heavy atom. The third-order valence-corrected chi connectivity index (χ3v) is 5.27. The molecule has 0 amide bonds. The summed E-state index contributed by atoms with van der Waals surface area (Å²) >= 11 is 12.6. The molecule has 0 saturated heterocycles. The van der Waals surface area contributed by atoms with Crippen molar-refractivity contribution in [3.63, 3.8) is 0 Å². The second-order valence-corrected chi connectivity index (χ2v) is 7.22. The molecule has 26 heavy (non-hydrogen) atoms. The summed E-state index contributed by atoms with van der Waals surface area (Å²) in [7, 11) is 0. The average Bonchev–Trinajstić information content (AvgIpc) is 2.64. The van der Waals surface area contributed by atoms with E-state index >= 15 is 0 Å². The predicted octanol–water partition coefficient (Wildman–Crippen LogP) is 4.77. The second-order valence-electron chi connectivity index (χ2n) is 6.40. The highest BCUT2D eigenvalue weighted by Crippen LogP contribution is 2.34. The molecular weight excluding hydrogens is 373 g/mol. The van der Waals surface area contributed by atoms with Crippen molar-refractivity contribution in [1.82, 2.24) is 14.6 Å². The summed E-state index contributed by atoms with van der Waals surface area (Å²) in [6.07, 6.45) is 7.30. The Morgan fingerprint density at radius 1 is 1.00 bits per heavy atom. The molecule has 1 fully saturated rings. The van der Waals surface area contributed by atoms with Gasteiger partial charge in [-0.25, -0.2) is 4.52 Å². The van der Waals surface area contributed by atoms with Crippen LogP contribution in [-0.4, -0.2) is 20.7 Å². The maximum atomic E-state index is 12.4. The molecule has 1 aliphatic rings. The minimum Gasteiger partial charge on any atom is -0.473 e. The molecule has 1 aliphatic carbocycles. The largest absolute Gasteiger partial charge is 0.473 e. The zero-order chi connectivity index (χ0) is 18.1. The molecule has 3 aromatic rings. The lowest BCUT2D eigenvalue weighted by Crippen LogP contribution is -2.21. The van der Waals surface area contributed by atoms with E-state index in [0.29, 0.717) is 32.6 Å². The number of ether oxygens (including phenoxy) is 1. The van der Waals surface area contributed by atoms with Crippen LogP contribution in [0.4, 0.5) is 0 Å². The molecule has 1 saturated carbocycles. The van der Waals surface area contributed by atoms with E-state index in [0.717, 1.165) is 12.8 Å². The lowest BCUT2D eigenvalue weighted by Gasteiger charge is -2.22. The van der Waals surface area contributed by atoms with E-state index in [1.54, 1.807) is 30.3 Å². The number of benzene rings is 1. The molecule has 0 atom stereocenters. The van der Waals surface area contributed by atoms with Gasteiger partial charge in [-0.05, 0) is 43.9 Å². The van der Waals surface area contributed by atoms with Crippen LogP contribution in [0.5, 0.6) is 5.88 Å². The van der Waals surface area contributed by atoms with Crippen LogP contribution in [0.3, 0.4) is 0 Å². The first kappa shape index (κ1) is 17.3. The van der Waals surface area contributed by atoms with E-state index in [9.17, 15) is 4.79 Å². The van der Waals surface area contributed by atoms with Gasteiger partial charge in [-0.15, -0.1) is 5.10 Å². The Hall–Kier alpha value is -2.11. The van der Waals surface area contributed by atoms with Crippen molar-refractivity contribution < 1.29 is 4.74 Å². The zero-order valence-corrected chi connectivity index (χ0v) is 15.5. The minimum atomic E-state index is -0.400. The summed E-state index contributed by atoms with van der Waals surface area (Å²) < 4.78 is 7.53. The molecule has 5 nitrogen and oxygen atoms in total. The molecule has 0 aliphatic heterocycles. The Morgan fingerprint density at radius 2 is 1.73 bits per heavy atom. The fourth-order valence-electron chi connectivity index (χ4n) is 3.38. The first-order valence-corrected chi connectivity index (χ1v) is 9.39. The first-order valence-electron chi connectivity index (χ1n) is 8.63. The third-order valence-electron chi connectivity index (χ3n) is 4.64. The summed E-state index contributed by atoms with van der Waals surface area (Å²) in [6.45, 7) is 0. The smallest absolute Gasteiger partial charge is 0.281 e. The lowest BCUT2D eigenvalue weighted by atomic mass is 9.98. The highest BCUT2D eigenvalue weighted by atomic mass is 35.5. The van der Waals surface area contributed by atoms with E-state index < -0.39 is 5.56 Å². The normalized spacial score (nSPS) is 15.3. The van der Waals surface area contributed by atoms with Gasteiger partial charge in [0.15, 0.2) is 0 Å². The van der Waals surface area contributed by atoms with Gasteiger partial charge in [0.25, 0.3) is 5.56 Å². The average molecular weight is 390 g/mol. The van der Waals surface area contributed by atoms with E-state index in [2.05, 4.69) is 10.1 Å². The van der Waals surface area contributed by atoms with Crippen molar-refractivity contribution in [2.75, 3.05) is 0 Å². The molecule has 4 rings (SSSR count). The Labute approximate surface area is 160 Å². The van der Waals surface area contributed by atoms with Crippen molar-refractivity contribution >= 4 is 28.7 Å². The second kappa shape index (κ2) is 7.25. The SMILES string of the molecule is O=c1ncn2nc(OC3CCCCC3)ccc2c1-c1c(Cl)cccc1Cl. The fraction of sp³-hybridized carbons (Fsp3) is 0.316. The van der Waals surface area contributed by atoms with Gasteiger partial charge in [-0.2, -0.15) is 4.98 Å². The van der Waals surface area contributed by atoms with Crippen molar-refractivity contribution in [3.8, 4) is 17.0 Å². The van der Waals surface area contributed by atoms with Crippen LogP contribution in [0.1, 0.15) is 32.1 Å². The van der Waals surface area contributed by atoms with Crippen molar-refractivity contribution in [3.05, 3.63) is 57.1 Å². The first-order chi connectivity index (χ1) is 12.6. The molecule has 0 N–H and O–H groups in total. The molecule has 0 radical (unpaired) electrons. The molecule has 0 spiro atoms. The van der Waals surface area contributed by atoms with Gasteiger partial charge in [0.1, 0.15) is 12.4 Å². The van der Waals surface area contributed by atoms with Gasteiger partial charge in [0.2, 0.25) is 5.88 Å². The van der Waals surface area contributed by atoms with Gasteiger partial charge in [0, 0.05) is 11.6 Å². The fourth-order valence-corrected chi connectivity index (χ4v) is 3.96. The molecular formula is C19H17Cl2N3O2. The maximum Gasteiger partial charge on any atom is 0.281 e. The standard InChI is InChI=1S/C19H17Cl2N3O2/c20-13-7-4-8-14(21)17(13)18-15-9-10-16(23-24(15)11-22-19(18)25)26-12-5-2-1-3-6-12/h4,7-12H,1-3,5-6H2. The van der Waals surface area contributed by atoms with Gasteiger partial charge >= 0.3 is 0 Å². The third kappa shape index (κ3) is 3.29. The minimum absolute atomic E-state index is 0.193. The molecule has 2 aromatic heterocycles. The lowest BCUT2D eigenvalue weighted by molar-refractivity contribution is 0.146. The Bertz CT molecular complexity index is 993. The number of hydrogen-bond acceptors (Lipinski definition) is 4. The van der Waals surface area contributed by atoms with E-state index in [1.165, 1.54) is 30.1 Å². The molecule has 0 bridgehead atoms. The summed E-state index contributed by atoms with van der Waals surface area (Å²) in [5, 5.41) is 5.25. The van der Waals surface area contributed by atoms with Crippen LogP contribution in [0.15, 0.2) is 41.5 Å². The van der Waals surface area contributed by atoms with Gasteiger partial charge in [-0.3, -0.25) is 4.79 Å². The molecule has 0 unspecified atom stereocenters. The van der Waals surface area contributed by atoms with Crippen molar-refractivity contribution in [2.24, 2.45) is 0 Å². The molecule has 2 heterocycles. The van der Waals surface area contributed by atoms with Crippen LogP contribution in [0.2, 0.25) is 10.0 Å². The zero-order valence-electron chi connectivity index (χ0n) is 14.0. The van der Waals surface area contributed by atoms with Gasteiger partial charge in [0.05, 0.1) is 21.1 Å². The predicted molar refractivity (Wildman–Crippen MR) is 102 cm³/mol. The number of aromatic nitrogens is 3. The molecule has 7 heteroatoms. The topological polar surface area (TPSA) is 56.5 Å². The summed E-state index contributed by atoms with van der Waals surface area (Å²) in [5.41, 5.74) is 0.979. The highest BCUT2D eigenvalue weighted by molar-refractivity contribution is 6.39. The molecule has 1 aromatic carbocycles. The van der Waals surface area contributed by atoms with Crippen LogP contribution in [0.25, 0.3) is 16.6 Å². The number of nitrogens with zero attached hydrogens (tertiary/aromatic N) is 3. The van der Waals surface area contributed by atoms with Gasteiger partial charge in [-0.1, -0.05) is 35.7 Å². The van der Waals surface area contributed by atoms with E-state index in [-0.39, 0.29) is 6.10 Å². The Kier molecular flexibility index (Phi) is 4.83. The Balaban J connectivity index is 1.79. The number of rotatable bonds is 3. The summed E-state index contributed by atoms with van der Waals surface area (Å²) in [4.78, 5) is 16.4. The van der Waals surface area contributed by atoms with Crippen molar-refractivity contribution in [2.45, 2.75) is 38.2 Å². The highest BCUT2D eigenvalue weighted by Gasteiger charge is 2.19. The van der Waals surface area contributed by atoms with Crippen LogP contribution in [-0.2, 0) is 0 Å². The molecule has 134 valence electrons. The number of fused-ring (bicyclic) bond motifs is 1. The summed E-state index contributed by atoms with van der Waals surface area (Å²) in [5.74, 6) is 0.519. The maximum absolute atomic E-state index is 12.4. The van der Waals surface area contributed by atoms with Crippen molar-refractivity contribution in [1.29, 1.82) is 0 Å². The van der Waals surface area contributed by atoms with Crippen LogP contribution < -0.4 is 10.3 Å². The number of halogens is 2. The van der Waals surface area contributed by atoms with E-state index in [1.807, 2.05) is 0 Å². The van der Waals surface area contributed by atoms with Crippen LogP contribution >= 0.6 is 23.2 Å². The van der Waals surface area contributed by atoms with Crippen LogP contribution in [0, 0.1) is 0 Å². The monoisotopic (exact) mass is 389 g/mol. The van der Waals surface area contributed by atoms with Gasteiger partial charge < -0.3 is 4.74 Å². The quantitative estimate of drug-likeness (QED) is 0.646.